The Morgan fingerprint density at radius 1 is 1.32 bits per heavy atom. The summed E-state index contributed by atoms with van der Waals surface area (Å²) in [6, 6.07) is 8.05. The van der Waals surface area contributed by atoms with E-state index >= 15 is 0 Å². The number of carbonyl (C=O) groups is 1. The predicted octanol–water partition coefficient (Wildman–Crippen LogP) is 3.28. The van der Waals surface area contributed by atoms with Gasteiger partial charge in [-0.1, -0.05) is 19.1 Å². The number of aryl methyl sites for hydroxylation is 1. The van der Waals surface area contributed by atoms with Crippen LogP contribution in [0.3, 0.4) is 0 Å². The molecule has 138 valence electrons. The zero-order valence-electron chi connectivity index (χ0n) is 15.6. The summed E-state index contributed by atoms with van der Waals surface area (Å²) in [5, 5.41) is 6.00. The molecule has 1 aromatic rings. The van der Waals surface area contributed by atoms with Crippen LogP contribution in [0.1, 0.15) is 46.1 Å². The first-order valence-corrected chi connectivity index (χ1v) is 8.92. The fraction of sp³-hybridized carbons (Fsp3) is 0.579. The third-order valence-electron chi connectivity index (χ3n) is 3.99. The Morgan fingerprint density at radius 2 is 1.96 bits per heavy atom. The molecule has 0 aliphatic heterocycles. The summed E-state index contributed by atoms with van der Waals surface area (Å²) in [4.78, 5) is 16.4. The SMILES string of the molecule is CCc1ccc(NC(N)=NCC(NC(=O)OC(C)(C)C)C2CC2)cc1. The zero-order valence-corrected chi connectivity index (χ0v) is 15.6. The van der Waals surface area contributed by atoms with Gasteiger partial charge in [-0.25, -0.2) is 4.79 Å². The Kier molecular flexibility index (Phi) is 6.28. The first-order chi connectivity index (χ1) is 11.8. The lowest BCUT2D eigenvalue weighted by Gasteiger charge is -2.23. The quantitative estimate of drug-likeness (QED) is 0.545. The van der Waals surface area contributed by atoms with Gasteiger partial charge in [0.05, 0.1) is 12.6 Å². The number of nitrogens with two attached hydrogens (primary N) is 1. The van der Waals surface area contributed by atoms with Crippen LogP contribution in [0, 0.1) is 5.92 Å². The van der Waals surface area contributed by atoms with Crippen LogP contribution in [0.5, 0.6) is 0 Å². The molecule has 25 heavy (non-hydrogen) atoms. The molecule has 1 amide bonds. The molecular weight excluding hydrogens is 316 g/mol. The number of aliphatic imine (C=N–C) groups is 1. The second-order valence-corrected chi connectivity index (χ2v) is 7.49. The molecule has 1 aromatic carbocycles. The number of nitrogens with one attached hydrogen (secondary N) is 2. The molecule has 1 atom stereocenters. The summed E-state index contributed by atoms with van der Waals surface area (Å²) in [6.45, 7) is 8.11. The smallest absolute Gasteiger partial charge is 0.407 e. The maximum absolute atomic E-state index is 12.0. The van der Waals surface area contributed by atoms with Crippen LogP contribution >= 0.6 is 0 Å². The maximum Gasteiger partial charge on any atom is 0.407 e. The van der Waals surface area contributed by atoms with E-state index in [4.69, 9.17) is 10.5 Å². The summed E-state index contributed by atoms with van der Waals surface area (Å²) < 4.78 is 5.33. The second-order valence-electron chi connectivity index (χ2n) is 7.49. The predicted molar refractivity (Wildman–Crippen MR) is 102 cm³/mol. The standard InChI is InChI=1S/C19H30N4O2/c1-5-13-6-10-15(11-7-13)22-17(20)21-12-16(14-8-9-14)23-18(24)25-19(2,3)4/h6-7,10-11,14,16H,5,8-9,12H2,1-4H3,(H,23,24)(H3,20,21,22). The van der Waals surface area contributed by atoms with E-state index in [9.17, 15) is 4.79 Å². The first-order valence-electron chi connectivity index (χ1n) is 8.92. The lowest BCUT2D eigenvalue weighted by Crippen LogP contribution is -2.42. The lowest BCUT2D eigenvalue weighted by molar-refractivity contribution is 0.0500. The van der Waals surface area contributed by atoms with Crippen molar-refractivity contribution >= 4 is 17.7 Å². The van der Waals surface area contributed by atoms with Crippen molar-refractivity contribution in [2.45, 2.75) is 58.6 Å². The van der Waals surface area contributed by atoms with Gasteiger partial charge in [-0.2, -0.15) is 0 Å². The van der Waals surface area contributed by atoms with Gasteiger partial charge in [0.2, 0.25) is 0 Å². The third kappa shape index (κ3) is 7.03. The average Bonchev–Trinajstić information content (AvgIpc) is 3.35. The Balaban J connectivity index is 1.88. The highest BCUT2D eigenvalue weighted by Gasteiger charge is 2.33. The number of hydrogen-bond donors (Lipinski definition) is 3. The van der Waals surface area contributed by atoms with Gasteiger partial charge in [-0.3, -0.25) is 4.99 Å². The lowest BCUT2D eigenvalue weighted by atomic mass is 10.1. The van der Waals surface area contributed by atoms with E-state index in [1.54, 1.807) is 0 Å². The minimum absolute atomic E-state index is 0.0438. The van der Waals surface area contributed by atoms with Crippen molar-refractivity contribution in [3.63, 3.8) is 0 Å². The van der Waals surface area contributed by atoms with Crippen LogP contribution < -0.4 is 16.4 Å². The summed E-state index contributed by atoms with van der Waals surface area (Å²) in [7, 11) is 0. The van der Waals surface area contributed by atoms with Crippen molar-refractivity contribution in [3.8, 4) is 0 Å². The first kappa shape index (κ1) is 19.1. The Morgan fingerprint density at radius 3 is 2.48 bits per heavy atom. The van der Waals surface area contributed by atoms with E-state index in [-0.39, 0.29) is 6.04 Å². The summed E-state index contributed by atoms with van der Waals surface area (Å²) in [5.41, 5.74) is 7.64. The Hall–Kier alpha value is -2.24. The molecule has 0 heterocycles. The van der Waals surface area contributed by atoms with Crippen molar-refractivity contribution in [1.29, 1.82) is 0 Å². The highest BCUT2D eigenvalue weighted by molar-refractivity contribution is 5.92. The number of benzene rings is 1. The maximum atomic E-state index is 12.0. The minimum atomic E-state index is -0.507. The van der Waals surface area contributed by atoms with Gasteiger partial charge in [0.1, 0.15) is 5.60 Å². The highest BCUT2D eigenvalue weighted by Crippen LogP contribution is 2.33. The minimum Gasteiger partial charge on any atom is -0.444 e. The van der Waals surface area contributed by atoms with E-state index in [0.717, 1.165) is 24.9 Å². The largest absolute Gasteiger partial charge is 0.444 e. The van der Waals surface area contributed by atoms with Crippen LogP contribution in [0.2, 0.25) is 0 Å². The van der Waals surface area contributed by atoms with Gasteiger partial charge in [0, 0.05) is 5.69 Å². The second kappa shape index (κ2) is 8.23. The number of alkyl carbamates (subject to hydrolysis) is 1. The number of ether oxygens (including phenoxy) is 1. The monoisotopic (exact) mass is 346 g/mol. The van der Waals surface area contributed by atoms with Gasteiger partial charge in [-0.05, 0) is 63.6 Å². The number of amides is 1. The molecule has 1 aliphatic rings. The van der Waals surface area contributed by atoms with Crippen LogP contribution in [0.25, 0.3) is 0 Å². The molecular formula is C19H30N4O2. The van der Waals surface area contributed by atoms with Gasteiger partial charge >= 0.3 is 6.09 Å². The molecule has 1 saturated carbocycles. The summed E-state index contributed by atoms with van der Waals surface area (Å²) in [6.07, 6.45) is 2.80. The van der Waals surface area contributed by atoms with Gasteiger partial charge < -0.3 is 21.1 Å². The highest BCUT2D eigenvalue weighted by atomic mass is 16.6. The van der Waals surface area contributed by atoms with Crippen molar-refractivity contribution in [2.75, 3.05) is 11.9 Å². The molecule has 4 N–H and O–H groups in total. The summed E-state index contributed by atoms with van der Waals surface area (Å²) >= 11 is 0. The number of hydrogen-bond acceptors (Lipinski definition) is 3. The van der Waals surface area contributed by atoms with E-state index < -0.39 is 11.7 Å². The molecule has 1 aliphatic carbocycles. The number of anilines is 1. The Labute approximate surface area is 150 Å². The Bertz CT molecular complexity index is 601. The van der Waals surface area contributed by atoms with E-state index in [2.05, 4.69) is 34.7 Å². The third-order valence-corrected chi connectivity index (χ3v) is 3.99. The molecule has 0 bridgehead atoms. The van der Waals surface area contributed by atoms with Crippen molar-refractivity contribution < 1.29 is 9.53 Å². The number of nitrogens with zero attached hydrogens (tertiary/aromatic N) is 1. The van der Waals surface area contributed by atoms with Crippen LogP contribution in [0.4, 0.5) is 10.5 Å². The van der Waals surface area contributed by atoms with E-state index in [1.807, 2.05) is 32.9 Å². The molecule has 0 spiro atoms. The van der Waals surface area contributed by atoms with Crippen LogP contribution in [-0.4, -0.2) is 30.2 Å². The van der Waals surface area contributed by atoms with Gasteiger partial charge in [0.15, 0.2) is 5.96 Å². The normalized spacial score (nSPS) is 16.2. The number of rotatable bonds is 6. The van der Waals surface area contributed by atoms with Crippen molar-refractivity contribution in [1.82, 2.24) is 5.32 Å². The molecule has 1 fully saturated rings. The van der Waals surface area contributed by atoms with Crippen LogP contribution in [-0.2, 0) is 11.2 Å². The van der Waals surface area contributed by atoms with Gasteiger partial charge in [0.25, 0.3) is 0 Å². The fourth-order valence-corrected chi connectivity index (χ4v) is 2.48. The molecule has 0 saturated heterocycles. The molecule has 6 heteroatoms. The van der Waals surface area contributed by atoms with Crippen molar-refractivity contribution in [2.24, 2.45) is 16.6 Å². The topological polar surface area (TPSA) is 88.7 Å². The molecule has 2 rings (SSSR count). The molecule has 1 unspecified atom stereocenters. The number of carbonyl (C=O) groups excluding carboxylic acids is 1. The average molecular weight is 346 g/mol. The fourth-order valence-electron chi connectivity index (χ4n) is 2.48. The zero-order chi connectivity index (χ0) is 18.4. The molecule has 0 radical (unpaired) electrons. The van der Waals surface area contributed by atoms with E-state index in [0.29, 0.717) is 18.4 Å². The molecule has 6 nitrogen and oxygen atoms in total. The number of guanidine groups is 1. The summed E-state index contributed by atoms with van der Waals surface area (Å²) in [5.74, 6) is 0.800. The molecule has 0 aromatic heterocycles. The van der Waals surface area contributed by atoms with Gasteiger partial charge in [-0.15, -0.1) is 0 Å². The van der Waals surface area contributed by atoms with Crippen LogP contribution in [0.15, 0.2) is 29.3 Å². The van der Waals surface area contributed by atoms with E-state index in [1.165, 1.54) is 5.56 Å². The van der Waals surface area contributed by atoms with Crippen molar-refractivity contribution in [3.05, 3.63) is 29.8 Å².